The van der Waals surface area contributed by atoms with Gasteiger partial charge >= 0.3 is 0 Å². The fraction of sp³-hybridized carbons (Fsp3) is 0.529. The average Bonchev–Trinajstić information content (AvgIpc) is 3.22. The van der Waals surface area contributed by atoms with Gasteiger partial charge < -0.3 is 9.88 Å². The summed E-state index contributed by atoms with van der Waals surface area (Å²) in [5.41, 5.74) is 1.01. The van der Waals surface area contributed by atoms with E-state index in [-0.39, 0.29) is 5.91 Å². The average molecular weight is 345 g/mol. The van der Waals surface area contributed by atoms with Gasteiger partial charge in [0.2, 0.25) is 5.91 Å². The minimum atomic E-state index is 0.118. The highest BCUT2D eigenvalue weighted by Crippen LogP contribution is 2.27. The van der Waals surface area contributed by atoms with Crippen molar-refractivity contribution in [2.75, 3.05) is 0 Å². The van der Waals surface area contributed by atoms with Gasteiger partial charge in [-0.2, -0.15) is 0 Å². The van der Waals surface area contributed by atoms with E-state index < -0.39 is 0 Å². The van der Waals surface area contributed by atoms with Crippen LogP contribution < -0.4 is 5.32 Å². The Morgan fingerprint density at radius 3 is 2.92 bits per heavy atom. The Morgan fingerprint density at radius 2 is 2.17 bits per heavy atom. The van der Waals surface area contributed by atoms with Gasteiger partial charge in [-0.25, -0.2) is 0 Å². The molecule has 2 heterocycles. The molecule has 2 aromatic rings. The molecule has 0 aromatic carbocycles. The Kier molecular flexibility index (Phi) is 5.85. The second-order valence-electron chi connectivity index (χ2n) is 6.20. The first-order valence-electron chi connectivity index (χ1n) is 8.40. The van der Waals surface area contributed by atoms with Crippen LogP contribution in [0.25, 0.3) is 0 Å². The number of hydrogen-bond donors (Lipinski definition) is 1. The quantitative estimate of drug-likeness (QED) is 0.781. The molecule has 0 unspecified atom stereocenters. The van der Waals surface area contributed by atoms with E-state index in [1.165, 1.54) is 25.7 Å². The Bertz CT molecular complexity index is 667. The lowest BCUT2D eigenvalue weighted by Gasteiger charge is -2.09. The molecule has 1 fully saturated rings. The van der Waals surface area contributed by atoms with Gasteiger partial charge in [0, 0.05) is 25.4 Å². The van der Waals surface area contributed by atoms with Crippen LogP contribution in [-0.4, -0.2) is 25.7 Å². The summed E-state index contributed by atoms with van der Waals surface area (Å²) in [7, 11) is 1.93. The first-order chi connectivity index (χ1) is 11.7. The van der Waals surface area contributed by atoms with Crippen LogP contribution in [-0.2, 0) is 24.1 Å². The number of aromatic nitrogens is 4. The summed E-state index contributed by atoms with van der Waals surface area (Å²) in [5.74, 6) is 2.21. The van der Waals surface area contributed by atoms with Crippen molar-refractivity contribution < 1.29 is 4.79 Å². The number of hydrogen-bond acceptors (Lipinski definition) is 5. The molecule has 128 valence electrons. The van der Waals surface area contributed by atoms with Crippen molar-refractivity contribution in [3.63, 3.8) is 0 Å². The summed E-state index contributed by atoms with van der Waals surface area (Å²) in [5, 5.41) is 12.2. The molecular formula is C17H23N5OS. The minimum Gasteiger partial charge on any atom is -0.349 e. The third-order valence-electron chi connectivity index (χ3n) is 4.39. The molecule has 1 aliphatic carbocycles. The van der Waals surface area contributed by atoms with Crippen molar-refractivity contribution in [3.8, 4) is 0 Å². The molecular weight excluding hydrogens is 322 g/mol. The number of amides is 1. The van der Waals surface area contributed by atoms with Crippen molar-refractivity contribution in [3.05, 3.63) is 35.9 Å². The fourth-order valence-corrected chi connectivity index (χ4v) is 3.82. The Morgan fingerprint density at radius 1 is 1.33 bits per heavy atom. The molecule has 0 saturated heterocycles. The van der Waals surface area contributed by atoms with E-state index in [0.29, 0.717) is 18.9 Å². The molecule has 24 heavy (non-hydrogen) atoms. The molecule has 0 bridgehead atoms. The van der Waals surface area contributed by atoms with Gasteiger partial charge in [0.05, 0.1) is 12.2 Å². The van der Waals surface area contributed by atoms with Crippen LogP contribution in [0.2, 0.25) is 0 Å². The molecule has 7 heteroatoms. The molecule has 3 rings (SSSR count). The van der Waals surface area contributed by atoms with Gasteiger partial charge in [-0.1, -0.05) is 30.7 Å². The maximum absolute atomic E-state index is 12.0. The SMILES string of the molecule is Cn1c(CNC(=O)CC2CCCC2)nnc1SCc1ccccn1. The summed E-state index contributed by atoms with van der Waals surface area (Å²) >= 11 is 1.60. The van der Waals surface area contributed by atoms with E-state index in [1.807, 2.05) is 29.8 Å². The highest BCUT2D eigenvalue weighted by Gasteiger charge is 2.18. The van der Waals surface area contributed by atoms with Crippen LogP contribution in [0.1, 0.15) is 43.6 Å². The van der Waals surface area contributed by atoms with Crippen LogP contribution in [0.15, 0.2) is 29.6 Å². The summed E-state index contributed by atoms with van der Waals surface area (Å²) in [6.07, 6.45) is 7.32. The molecule has 0 spiro atoms. The molecule has 1 aliphatic rings. The number of rotatable bonds is 7. The van der Waals surface area contributed by atoms with Crippen molar-refractivity contribution in [1.29, 1.82) is 0 Å². The van der Waals surface area contributed by atoms with E-state index >= 15 is 0 Å². The number of nitrogens with zero attached hydrogens (tertiary/aromatic N) is 4. The predicted octanol–water partition coefficient (Wildman–Crippen LogP) is 2.70. The van der Waals surface area contributed by atoms with Crippen LogP contribution in [0, 0.1) is 5.92 Å². The molecule has 1 saturated carbocycles. The van der Waals surface area contributed by atoms with Crippen LogP contribution in [0.3, 0.4) is 0 Å². The second-order valence-corrected chi connectivity index (χ2v) is 7.14. The van der Waals surface area contributed by atoms with Crippen molar-refractivity contribution >= 4 is 17.7 Å². The molecule has 6 nitrogen and oxygen atoms in total. The Hall–Kier alpha value is -1.89. The monoisotopic (exact) mass is 345 g/mol. The maximum Gasteiger partial charge on any atom is 0.220 e. The zero-order valence-electron chi connectivity index (χ0n) is 13.9. The number of pyridine rings is 1. The van der Waals surface area contributed by atoms with E-state index in [0.717, 1.165) is 22.4 Å². The van der Waals surface area contributed by atoms with Crippen molar-refractivity contribution in [2.45, 2.75) is 49.6 Å². The van der Waals surface area contributed by atoms with Gasteiger partial charge in [0.15, 0.2) is 11.0 Å². The third-order valence-corrected chi connectivity index (χ3v) is 5.45. The minimum absolute atomic E-state index is 0.118. The summed E-state index contributed by atoms with van der Waals surface area (Å²) < 4.78 is 1.93. The van der Waals surface area contributed by atoms with Crippen molar-refractivity contribution in [1.82, 2.24) is 25.1 Å². The highest BCUT2D eigenvalue weighted by atomic mass is 32.2. The molecule has 2 aromatic heterocycles. The third kappa shape index (κ3) is 4.56. The van der Waals surface area contributed by atoms with E-state index in [2.05, 4.69) is 20.5 Å². The maximum atomic E-state index is 12.0. The number of thioether (sulfide) groups is 1. The zero-order valence-corrected chi connectivity index (χ0v) is 14.8. The van der Waals surface area contributed by atoms with Crippen LogP contribution in [0.5, 0.6) is 0 Å². The number of nitrogens with one attached hydrogen (secondary N) is 1. The van der Waals surface area contributed by atoms with Gasteiger partial charge in [0.1, 0.15) is 0 Å². The van der Waals surface area contributed by atoms with Gasteiger partial charge in [0.25, 0.3) is 0 Å². The van der Waals surface area contributed by atoms with Gasteiger partial charge in [-0.15, -0.1) is 10.2 Å². The lowest BCUT2D eigenvalue weighted by atomic mass is 10.0. The summed E-state index contributed by atoms with van der Waals surface area (Å²) in [6.45, 7) is 0.430. The lowest BCUT2D eigenvalue weighted by Crippen LogP contribution is -2.26. The van der Waals surface area contributed by atoms with E-state index in [1.54, 1.807) is 18.0 Å². The molecule has 0 aliphatic heterocycles. The zero-order chi connectivity index (χ0) is 16.8. The molecule has 1 amide bonds. The highest BCUT2D eigenvalue weighted by molar-refractivity contribution is 7.98. The first-order valence-corrected chi connectivity index (χ1v) is 9.38. The predicted molar refractivity (Wildman–Crippen MR) is 93.2 cm³/mol. The molecule has 0 atom stereocenters. The van der Waals surface area contributed by atoms with E-state index in [4.69, 9.17) is 0 Å². The largest absolute Gasteiger partial charge is 0.349 e. The summed E-state index contributed by atoms with van der Waals surface area (Å²) in [6, 6.07) is 5.88. The Labute approximate surface area is 146 Å². The van der Waals surface area contributed by atoms with Crippen LogP contribution >= 0.6 is 11.8 Å². The Balaban J connectivity index is 1.48. The van der Waals surface area contributed by atoms with Gasteiger partial charge in [-0.3, -0.25) is 9.78 Å². The van der Waals surface area contributed by atoms with E-state index in [9.17, 15) is 4.79 Å². The number of carbonyl (C=O) groups excluding carboxylic acids is 1. The van der Waals surface area contributed by atoms with Gasteiger partial charge in [-0.05, 0) is 30.9 Å². The fourth-order valence-electron chi connectivity index (χ4n) is 2.97. The van der Waals surface area contributed by atoms with Crippen molar-refractivity contribution in [2.24, 2.45) is 13.0 Å². The lowest BCUT2D eigenvalue weighted by molar-refractivity contribution is -0.122. The second kappa shape index (κ2) is 8.28. The first kappa shape index (κ1) is 17.0. The standard InChI is InChI=1S/C17H23N5OS/c1-22-15(11-19-16(23)10-13-6-2-3-7-13)20-21-17(22)24-12-14-8-4-5-9-18-14/h4-5,8-9,13H,2-3,6-7,10-12H2,1H3,(H,19,23). The molecule has 0 radical (unpaired) electrons. The molecule has 1 N–H and O–H groups in total. The number of carbonyl (C=O) groups is 1. The topological polar surface area (TPSA) is 72.7 Å². The summed E-state index contributed by atoms with van der Waals surface area (Å²) in [4.78, 5) is 16.3. The normalized spacial score (nSPS) is 14.9. The van der Waals surface area contributed by atoms with Crippen LogP contribution in [0.4, 0.5) is 0 Å². The smallest absolute Gasteiger partial charge is 0.220 e.